The zero-order valence-corrected chi connectivity index (χ0v) is 19.9. The molecule has 0 saturated carbocycles. The van der Waals surface area contributed by atoms with Gasteiger partial charge in [0, 0.05) is 6.26 Å². The van der Waals surface area contributed by atoms with Gasteiger partial charge in [0.1, 0.15) is 11.9 Å². The molecule has 0 aliphatic carbocycles. The fourth-order valence-electron chi connectivity index (χ4n) is 3.08. The van der Waals surface area contributed by atoms with Gasteiger partial charge < -0.3 is 5.32 Å². The molecule has 2 aromatic rings. The molecule has 0 saturated heterocycles. The Morgan fingerprint density at radius 2 is 1.68 bits per heavy atom. The van der Waals surface area contributed by atoms with Crippen molar-refractivity contribution in [2.24, 2.45) is 0 Å². The lowest BCUT2D eigenvalue weighted by Gasteiger charge is -2.31. The summed E-state index contributed by atoms with van der Waals surface area (Å²) in [5, 5.41) is 2.49. The van der Waals surface area contributed by atoms with Crippen LogP contribution in [0.3, 0.4) is 0 Å². The first-order valence-corrected chi connectivity index (χ1v) is 13.4. The lowest BCUT2D eigenvalue weighted by atomic mass is 10.1. The van der Waals surface area contributed by atoms with Crippen LogP contribution in [0.15, 0.2) is 47.4 Å². The van der Waals surface area contributed by atoms with Crippen molar-refractivity contribution in [2.45, 2.75) is 37.2 Å². The SMILES string of the molecule is CC[C@@H](C(=O)N[C@@H](C)c1ccc(S(C)(=O)=O)cc1)N(c1ccc(F)c(Cl)c1)S(C)(=O)=O. The number of halogens is 2. The van der Waals surface area contributed by atoms with E-state index in [1.165, 1.54) is 18.2 Å². The van der Waals surface area contributed by atoms with Crippen molar-refractivity contribution in [3.8, 4) is 0 Å². The number of benzene rings is 2. The molecule has 1 amide bonds. The standard InChI is InChI=1S/C20H24ClFN2O5S2/c1-5-19(24(31(4,28)29)15-8-11-18(22)17(21)12-15)20(25)23-13(2)14-6-9-16(10-7-14)30(3,26)27/h6-13,19H,5H2,1-4H3,(H,23,25)/t13-,19-/m0/s1. The number of anilines is 1. The second-order valence-corrected chi connectivity index (χ2v) is 11.4. The van der Waals surface area contributed by atoms with Crippen LogP contribution in [-0.4, -0.2) is 41.3 Å². The van der Waals surface area contributed by atoms with Gasteiger partial charge in [-0.25, -0.2) is 21.2 Å². The predicted molar refractivity (Wildman–Crippen MR) is 119 cm³/mol. The Labute approximate surface area is 187 Å². The summed E-state index contributed by atoms with van der Waals surface area (Å²) in [6.07, 6.45) is 2.20. The molecular weight excluding hydrogens is 467 g/mol. The van der Waals surface area contributed by atoms with Gasteiger partial charge in [0.15, 0.2) is 9.84 Å². The smallest absolute Gasteiger partial charge is 0.244 e. The number of nitrogens with one attached hydrogen (secondary N) is 1. The van der Waals surface area contributed by atoms with E-state index in [4.69, 9.17) is 11.6 Å². The number of nitrogens with zero attached hydrogens (tertiary/aromatic N) is 1. The van der Waals surface area contributed by atoms with Crippen LogP contribution in [0.25, 0.3) is 0 Å². The van der Waals surface area contributed by atoms with E-state index in [-0.39, 0.29) is 22.0 Å². The summed E-state index contributed by atoms with van der Waals surface area (Å²) in [7, 11) is -7.25. The third kappa shape index (κ3) is 6.18. The molecule has 2 atom stereocenters. The van der Waals surface area contributed by atoms with Crippen LogP contribution in [0.2, 0.25) is 5.02 Å². The zero-order chi connectivity index (χ0) is 23.6. The highest BCUT2D eigenvalue weighted by Gasteiger charge is 2.32. The van der Waals surface area contributed by atoms with Crippen LogP contribution >= 0.6 is 11.6 Å². The minimum absolute atomic E-state index is 0.0704. The molecule has 0 aromatic heterocycles. The third-order valence-corrected chi connectivity index (χ3v) is 7.25. The Bertz CT molecular complexity index is 1170. The number of hydrogen-bond acceptors (Lipinski definition) is 5. The predicted octanol–water partition coefficient (Wildman–Crippen LogP) is 3.30. The normalized spacial score (nSPS) is 14.0. The average Bonchev–Trinajstić information content (AvgIpc) is 2.66. The van der Waals surface area contributed by atoms with E-state index >= 15 is 0 Å². The van der Waals surface area contributed by atoms with Gasteiger partial charge in [0.25, 0.3) is 0 Å². The van der Waals surface area contributed by atoms with Crippen molar-refractivity contribution in [1.29, 1.82) is 0 Å². The fraction of sp³-hybridized carbons (Fsp3) is 0.350. The molecule has 0 radical (unpaired) electrons. The van der Waals surface area contributed by atoms with Gasteiger partial charge in [0.05, 0.1) is 27.9 Å². The second-order valence-electron chi connectivity index (χ2n) is 7.15. The number of hydrogen-bond donors (Lipinski definition) is 1. The minimum Gasteiger partial charge on any atom is -0.348 e. The van der Waals surface area contributed by atoms with Crippen molar-refractivity contribution < 1.29 is 26.0 Å². The lowest BCUT2D eigenvalue weighted by Crippen LogP contribution is -2.49. The van der Waals surface area contributed by atoms with Gasteiger partial charge in [-0.3, -0.25) is 9.10 Å². The van der Waals surface area contributed by atoms with Crippen LogP contribution < -0.4 is 9.62 Å². The Balaban J connectivity index is 2.32. The van der Waals surface area contributed by atoms with Gasteiger partial charge in [-0.1, -0.05) is 30.7 Å². The molecular formula is C20H24ClFN2O5S2. The minimum atomic E-state index is -3.90. The molecule has 0 bridgehead atoms. The molecule has 7 nitrogen and oxygen atoms in total. The van der Waals surface area contributed by atoms with E-state index in [2.05, 4.69) is 5.32 Å². The first kappa shape index (κ1) is 25.1. The monoisotopic (exact) mass is 490 g/mol. The number of carbonyl (C=O) groups excluding carboxylic acids is 1. The Morgan fingerprint density at radius 1 is 1.10 bits per heavy atom. The molecule has 0 aliphatic heterocycles. The van der Waals surface area contributed by atoms with E-state index in [1.807, 2.05) is 0 Å². The highest BCUT2D eigenvalue weighted by Crippen LogP contribution is 2.27. The Morgan fingerprint density at radius 3 is 2.13 bits per heavy atom. The van der Waals surface area contributed by atoms with Crippen LogP contribution in [0.5, 0.6) is 0 Å². The molecule has 2 rings (SSSR count). The van der Waals surface area contributed by atoms with Crippen molar-refractivity contribution >= 4 is 43.1 Å². The highest BCUT2D eigenvalue weighted by atomic mass is 35.5. The van der Waals surface area contributed by atoms with E-state index < -0.39 is 43.7 Å². The van der Waals surface area contributed by atoms with Gasteiger partial charge in [-0.05, 0) is 49.2 Å². The van der Waals surface area contributed by atoms with Crippen molar-refractivity contribution in [2.75, 3.05) is 16.8 Å². The van der Waals surface area contributed by atoms with Crippen LogP contribution in [-0.2, 0) is 24.7 Å². The molecule has 31 heavy (non-hydrogen) atoms. The molecule has 0 fully saturated rings. The number of sulfone groups is 1. The fourth-order valence-corrected chi connectivity index (χ4v) is 5.09. The zero-order valence-electron chi connectivity index (χ0n) is 17.5. The largest absolute Gasteiger partial charge is 0.348 e. The van der Waals surface area contributed by atoms with Gasteiger partial charge in [-0.2, -0.15) is 0 Å². The maximum absolute atomic E-state index is 13.5. The number of amides is 1. The summed E-state index contributed by atoms with van der Waals surface area (Å²) < 4.78 is 62.6. The summed E-state index contributed by atoms with van der Waals surface area (Å²) in [4.78, 5) is 13.1. The maximum atomic E-state index is 13.5. The lowest BCUT2D eigenvalue weighted by molar-refractivity contribution is -0.122. The molecule has 11 heteroatoms. The number of rotatable bonds is 8. The molecule has 2 aromatic carbocycles. The van der Waals surface area contributed by atoms with Gasteiger partial charge in [-0.15, -0.1) is 0 Å². The first-order chi connectivity index (χ1) is 14.3. The molecule has 0 spiro atoms. The summed E-state index contributed by atoms with van der Waals surface area (Å²) in [6.45, 7) is 3.35. The average molecular weight is 491 g/mol. The summed E-state index contributed by atoms with van der Waals surface area (Å²) in [6, 6.07) is 7.84. The third-order valence-electron chi connectivity index (χ3n) is 4.65. The molecule has 1 N–H and O–H groups in total. The van der Waals surface area contributed by atoms with Crippen molar-refractivity contribution in [1.82, 2.24) is 5.32 Å². The second kappa shape index (κ2) is 9.54. The molecule has 0 aliphatic rings. The quantitative estimate of drug-likeness (QED) is 0.611. The molecule has 0 heterocycles. The summed E-state index contributed by atoms with van der Waals surface area (Å²) in [5.41, 5.74) is 0.715. The van der Waals surface area contributed by atoms with Gasteiger partial charge in [0.2, 0.25) is 15.9 Å². The van der Waals surface area contributed by atoms with E-state index in [0.717, 1.165) is 28.9 Å². The molecule has 170 valence electrons. The van der Waals surface area contributed by atoms with Crippen molar-refractivity contribution in [3.05, 3.63) is 58.9 Å². The summed E-state index contributed by atoms with van der Waals surface area (Å²) in [5.74, 6) is -1.27. The molecule has 0 unspecified atom stereocenters. The van der Waals surface area contributed by atoms with E-state index in [0.29, 0.717) is 5.56 Å². The first-order valence-electron chi connectivity index (χ1n) is 9.30. The highest BCUT2D eigenvalue weighted by molar-refractivity contribution is 7.92. The van der Waals surface area contributed by atoms with Crippen LogP contribution in [0.1, 0.15) is 31.9 Å². The Hall–Kier alpha value is -2.17. The number of sulfonamides is 1. The van der Waals surface area contributed by atoms with E-state index in [1.54, 1.807) is 26.0 Å². The van der Waals surface area contributed by atoms with E-state index in [9.17, 15) is 26.0 Å². The Kier molecular flexibility index (Phi) is 7.72. The van der Waals surface area contributed by atoms with Gasteiger partial charge >= 0.3 is 0 Å². The topological polar surface area (TPSA) is 101 Å². The number of carbonyl (C=O) groups is 1. The van der Waals surface area contributed by atoms with Crippen molar-refractivity contribution in [3.63, 3.8) is 0 Å². The summed E-state index contributed by atoms with van der Waals surface area (Å²) >= 11 is 5.80. The maximum Gasteiger partial charge on any atom is 0.244 e. The van der Waals surface area contributed by atoms with Crippen LogP contribution in [0.4, 0.5) is 10.1 Å². The van der Waals surface area contributed by atoms with Crippen LogP contribution in [0, 0.1) is 5.82 Å².